The molecule has 0 aromatic heterocycles. The lowest BCUT2D eigenvalue weighted by molar-refractivity contribution is -0.161. The van der Waals surface area contributed by atoms with Crippen LogP contribution >= 0.6 is 0 Å². The summed E-state index contributed by atoms with van der Waals surface area (Å²) in [6.45, 7) is -0.469. The van der Waals surface area contributed by atoms with Crippen LogP contribution in [0.5, 0.6) is 0 Å². The van der Waals surface area contributed by atoms with Crippen LogP contribution in [0.3, 0.4) is 0 Å². The van der Waals surface area contributed by atoms with Crippen LogP contribution in [0.2, 0.25) is 0 Å². The fraction of sp³-hybridized carbons (Fsp3) is 0.214. The highest BCUT2D eigenvalue weighted by Gasteiger charge is 2.55. The van der Waals surface area contributed by atoms with Crippen molar-refractivity contribution in [1.29, 1.82) is 0 Å². The van der Waals surface area contributed by atoms with Crippen LogP contribution in [0.15, 0.2) is 30.3 Å². The molecule has 1 rings (SSSR count). The number of carboxylic acids is 1. The molecule has 1 unspecified atom stereocenters. The minimum Gasteiger partial charge on any atom is -0.480 e. The molecule has 1 aromatic carbocycles. The van der Waals surface area contributed by atoms with E-state index in [2.05, 4.69) is 0 Å². The number of carbonyl (C=O) groups excluding carboxylic acids is 1. The molecule has 1 aromatic rings. The van der Waals surface area contributed by atoms with Gasteiger partial charge in [-0.25, -0.2) is 24.0 Å². The van der Waals surface area contributed by atoms with Gasteiger partial charge in [-0.1, -0.05) is 30.3 Å². The van der Waals surface area contributed by atoms with Gasteiger partial charge in [0.15, 0.2) is 6.04 Å². The van der Waals surface area contributed by atoms with E-state index >= 15 is 0 Å². The predicted octanol–water partition coefficient (Wildman–Crippen LogP) is -0.318. The standard InChI is InChI=1S/C14H15N3O10/c18-9(19)8(15-11(21)22)14(16-12(23)24,17-13(25)26)10(20)27-6-7-4-2-1-3-5-7/h1-5,8,15-17H,6H2,(H,18,19)(H,21,22)(H,23,24)(H,25,26). The molecular formula is C14H15N3O10. The van der Waals surface area contributed by atoms with Crippen molar-refractivity contribution >= 4 is 30.2 Å². The van der Waals surface area contributed by atoms with Crippen LogP contribution in [0.1, 0.15) is 5.56 Å². The quantitative estimate of drug-likeness (QED) is 0.229. The molecule has 0 bridgehead atoms. The van der Waals surface area contributed by atoms with Crippen LogP contribution in [0.4, 0.5) is 14.4 Å². The second-order valence-electron chi connectivity index (χ2n) is 4.95. The fourth-order valence-electron chi connectivity index (χ4n) is 2.05. The van der Waals surface area contributed by atoms with Gasteiger partial charge in [-0.15, -0.1) is 0 Å². The monoisotopic (exact) mass is 385 g/mol. The van der Waals surface area contributed by atoms with E-state index in [0.717, 1.165) is 0 Å². The Bertz CT molecular complexity index is 720. The molecule has 0 aliphatic heterocycles. The van der Waals surface area contributed by atoms with Crippen molar-refractivity contribution in [3.05, 3.63) is 35.9 Å². The predicted molar refractivity (Wildman–Crippen MR) is 83.9 cm³/mol. The third-order valence-electron chi connectivity index (χ3n) is 3.09. The molecular weight excluding hydrogens is 370 g/mol. The molecule has 0 spiro atoms. The molecule has 27 heavy (non-hydrogen) atoms. The van der Waals surface area contributed by atoms with Crippen LogP contribution in [-0.4, -0.2) is 62.3 Å². The summed E-state index contributed by atoms with van der Waals surface area (Å²) in [7, 11) is 0. The summed E-state index contributed by atoms with van der Waals surface area (Å²) in [6, 6.07) is 5.31. The molecule has 0 heterocycles. The highest BCUT2D eigenvalue weighted by molar-refractivity contribution is 5.96. The van der Waals surface area contributed by atoms with Crippen LogP contribution < -0.4 is 16.0 Å². The minimum absolute atomic E-state index is 0.420. The summed E-state index contributed by atoms with van der Waals surface area (Å²) < 4.78 is 4.82. The number of esters is 1. The van der Waals surface area contributed by atoms with Crippen molar-refractivity contribution < 1.29 is 49.1 Å². The van der Waals surface area contributed by atoms with Crippen LogP contribution in [0, 0.1) is 0 Å². The maximum Gasteiger partial charge on any atom is 0.407 e. The molecule has 0 aliphatic carbocycles. The lowest BCUT2D eigenvalue weighted by Crippen LogP contribution is -2.77. The Morgan fingerprint density at radius 1 is 0.889 bits per heavy atom. The third-order valence-corrected chi connectivity index (χ3v) is 3.09. The number of carbonyl (C=O) groups is 5. The van der Waals surface area contributed by atoms with Crippen LogP contribution in [-0.2, 0) is 20.9 Å². The first kappa shape index (κ1) is 21.0. The van der Waals surface area contributed by atoms with Gasteiger partial charge in [-0.2, -0.15) is 0 Å². The first-order valence-corrected chi connectivity index (χ1v) is 7.04. The summed E-state index contributed by atoms with van der Waals surface area (Å²) >= 11 is 0. The van der Waals surface area contributed by atoms with E-state index in [1.807, 2.05) is 0 Å². The van der Waals surface area contributed by atoms with E-state index in [4.69, 9.17) is 20.1 Å². The molecule has 3 amide bonds. The number of nitrogens with one attached hydrogen (secondary N) is 3. The molecule has 1 atom stereocenters. The van der Waals surface area contributed by atoms with Crippen molar-refractivity contribution in [2.24, 2.45) is 0 Å². The van der Waals surface area contributed by atoms with Crippen molar-refractivity contribution in [2.45, 2.75) is 18.3 Å². The molecule has 0 fully saturated rings. The summed E-state index contributed by atoms with van der Waals surface area (Å²) in [6.07, 6.45) is -5.99. The average molecular weight is 385 g/mol. The van der Waals surface area contributed by atoms with Gasteiger partial charge >= 0.3 is 30.2 Å². The number of hydrogen-bond donors (Lipinski definition) is 7. The Hall–Kier alpha value is -4.03. The Morgan fingerprint density at radius 2 is 1.41 bits per heavy atom. The Labute approximate surface area is 150 Å². The van der Waals surface area contributed by atoms with Gasteiger partial charge in [-0.05, 0) is 5.56 Å². The van der Waals surface area contributed by atoms with E-state index in [-0.39, 0.29) is 0 Å². The SMILES string of the molecule is O=C(O)NC(C(=O)O)C(NC(=O)O)(NC(=O)O)C(=O)OCc1ccccc1. The van der Waals surface area contributed by atoms with Gasteiger partial charge in [0.05, 0.1) is 0 Å². The normalized spacial score (nSPS) is 11.6. The first-order valence-electron chi connectivity index (χ1n) is 7.04. The number of amides is 3. The molecule has 146 valence electrons. The fourth-order valence-corrected chi connectivity index (χ4v) is 2.05. The Balaban J connectivity index is 3.31. The van der Waals surface area contributed by atoms with E-state index in [1.165, 1.54) is 28.1 Å². The van der Waals surface area contributed by atoms with Gasteiger partial charge in [0.25, 0.3) is 0 Å². The van der Waals surface area contributed by atoms with Gasteiger partial charge in [-0.3, -0.25) is 10.6 Å². The first-order chi connectivity index (χ1) is 12.6. The van der Waals surface area contributed by atoms with Crippen molar-refractivity contribution in [3.8, 4) is 0 Å². The third kappa shape index (κ3) is 5.77. The van der Waals surface area contributed by atoms with Crippen molar-refractivity contribution in [3.63, 3.8) is 0 Å². The highest BCUT2D eigenvalue weighted by Crippen LogP contribution is 2.14. The van der Waals surface area contributed by atoms with Gasteiger partial charge in [0.1, 0.15) is 6.61 Å². The molecule has 0 radical (unpaired) electrons. The summed E-state index contributed by atoms with van der Waals surface area (Å²) in [5.74, 6) is -3.73. The molecule has 0 aliphatic rings. The summed E-state index contributed by atoms with van der Waals surface area (Å²) in [5.41, 5.74) is -2.78. The smallest absolute Gasteiger partial charge is 0.407 e. The number of carboxylic acid groups (broad SMARTS) is 4. The average Bonchev–Trinajstić information content (AvgIpc) is 2.56. The number of rotatable bonds is 8. The molecule has 0 saturated heterocycles. The van der Waals surface area contributed by atoms with Crippen molar-refractivity contribution in [1.82, 2.24) is 16.0 Å². The molecule has 0 saturated carbocycles. The summed E-state index contributed by atoms with van der Waals surface area (Å²) in [4.78, 5) is 56.9. The number of benzene rings is 1. The Morgan fingerprint density at radius 3 is 1.81 bits per heavy atom. The zero-order chi connectivity index (χ0) is 20.6. The largest absolute Gasteiger partial charge is 0.480 e. The molecule has 7 N–H and O–H groups in total. The van der Waals surface area contributed by atoms with E-state index in [9.17, 15) is 29.1 Å². The maximum absolute atomic E-state index is 12.5. The van der Waals surface area contributed by atoms with E-state index in [0.29, 0.717) is 5.56 Å². The second-order valence-corrected chi connectivity index (χ2v) is 4.95. The number of hydrogen-bond acceptors (Lipinski definition) is 6. The molecule has 13 heteroatoms. The van der Waals surface area contributed by atoms with Gasteiger partial charge in [0.2, 0.25) is 5.66 Å². The zero-order valence-corrected chi connectivity index (χ0v) is 13.4. The Kier molecular flexibility index (Phi) is 6.92. The van der Waals surface area contributed by atoms with E-state index in [1.54, 1.807) is 18.2 Å². The lowest BCUT2D eigenvalue weighted by Gasteiger charge is -2.35. The number of ether oxygens (including phenoxy) is 1. The van der Waals surface area contributed by atoms with Crippen LogP contribution in [0.25, 0.3) is 0 Å². The topological polar surface area (TPSA) is 212 Å². The van der Waals surface area contributed by atoms with E-state index < -0.39 is 48.5 Å². The summed E-state index contributed by atoms with van der Waals surface area (Å²) in [5, 5.41) is 40.0. The lowest BCUT2D eigenvalue weighted by atomic mass is 10.00. The van der Waals surface area contributed by atoms with Gasteiger partial charge < -0.3 is 30.5 Å². The van der Waals surface area contributed by atoms with Gasteiger partial charge in [0, 0.05) is 0 Å². The second kappa shape index (κ2) is 8.89. The zero-order valence-electron chi connectivity index (χ0n) is 13.4. The highest BCUT2D eigenvalue weighted by atomic mass is 16.5. The number of aliphatic carboxylic acids is 1. The van der Waals surface area contributed by atoms with Crippen molar-refractivity contribution in [2.75, 3.05) is 0 Å². The molecule has 13 nitrogen and oxygen atoms in total. The minimum atomic E-state index is -3.20. The maximum atomic E-state index is 12.5.